The van der Waals surface area contributed by atoms with Gasteiger partial charge < -0.3 is 0 Å². The van der Waals surface area contributed by atoms with Crippen molar-refractivity contribution in [3.63, 3.8) is 0 Å². The summed E-state index contributed by atoms with van der Waals surface area (Å²) in [5.74, 6) is 0. The van der Waals surface area contributed by atoms with Crippen LogP contribution in [0.3, 0.4) is 0 Å². The molecule has 1 nitrogen and oxygen atoms in total. The van der Waals surface area contributed by atoms with Crippen LogP contribution in [0.25, 0.3) is 0 Å². The van der Waals surface area contributed by atoms with Crippen molar-refractivity contribution in [3.8, 4) is 6.07 Å². The first kappa shape index (κ1) is 3.68. The van der Waals surface area contributed by atoms with Crippen LogP contribution < -0.4 is 0 Å². The van der Waals surface area contributed by atoms with Crippen molar-refractivity contribution < 1.29 is 1.37 Å². The molecule has 1 aromatic carbocycles. The third kappa shape index (κ3) is 0.855. The molecular formula is C7H5N. The number of hydrogen-bond donors (Lipinski definition) is 0. The van der Waals surface area contributed by atoms with Crippen LogP contribution >= 0.6 is 0 Å². The Hall–Kier alpha value is -1.29. The molecule has 0 aliphatic rings. The van der Waals surface area contributed by atoms with E-state index in [1.807, 2.05) is 6.07 Å². The van der Waals surface area contributed by atoms with Crippen molar-refractivity contribution in [3.05, 3.63) is 35.9 Å². The SMILES string of the molecule is [3H]c1ccc(C#N)cc1. The molecule has 0 unspecified atom stereocenters. The molecule has 0 heterocycles. The number of benzene rings is 1. The summed E-state index contributed by atoms with van der Waals surface area (Å²) >= 11 is 0. The topological polar surface area (TPSA) is 23.8 Å². The predicted octanol–water partition coefficient (Wildman–Crippen LogP) is 1.56. The minimum Gasteiger partial charge on any atom is -0.192 e. The van der Waals surface area contributed by atoms with E-state index in [4.69, 9.17) is 6.63 Å². The summed E-state index contributed by atoms with van der Waals surface area (Å²) in [6.07, 6.45) is 0. The van der Waals surface area contributed by atoms with Gasteiger partial charge in [0.25, 0.3) is 0 Å². The molecule has 1 rings (SSSR count). The minimum atomic E-state index is 0.439. The van der Waals surface area contributed by atoms with E-state index in [2.05, 4.69) is 0 Å². The standard InChI is InChI=1S/C7H5N/c8-6-7-4-2-1-3-5-7/h1-5H/i1T. The van der Waals surface area contributed by atoms with E-state index in [0.717, 1.165) is 0 Å². The van der Waals surface area contributed by atoms with E-state index in [1.54, 1.807) is 24.3 Å². The van der Waals surface area contributed by atoms with Gasteiger partial charge in [0.1, 0.15) is 0 Å². The van der Waals surface area contributed by atoms with E-state index in [0.29, 0.717) is 11.6 Å². The monoisotopic (exact) mass is 105 g/mol. The normalized spacial score (nSPS) is 9.62. The smallest absolute Gasteiger partial charge is 0.0991 e. The lowest BCUT2D eigenvalue weighted by Gasteiger charge is -1.80. The molecule has 0 saturated heterocycles. The first-order valence-electron chi connectivity index (χ1n) is 2.79. The first-order chi connectivity index (χ1) is 4.33. The van der Waals surface area contributed by atoms with Crippen molar-refractivity contribution in [2.24, 2.45) is 0 Å². The highest BCUT2D eigenvalue weighted by atomic mass is 14.2. The first-order valence-corrected chi connectivity index (χ1v) is 2.29. The molecule has 0 aromatic heterocycles. The second kappa shape index (κ2) is 2.13. The lowest BCUT2D eigenvalue weighted by molar-refractivity contribution is 1.49. The Morgan fingerprint density at radius 3 is 2.62 bits per heavy atom. The Bertz CT molecular complexity index is 232. The van der Waals surface area contributed by atoms with Gasteiger partial charge in [0, 0.05) is 0 Å². The Morgan fingerprint density at radius 1 is 1.50 bits per heavy atom. The van der Waals surface area contributed by atoms with Gasteiger partial charge in [-0.25, -0.2) is 0 Å². The largest absolute Gasteiger partial charge is 0.192 e. The van der Waals surface area contributed by atoms with Gasteiger partial charge in [-0.05, 0) is 12.1 Å². The molecule has 0 saturated carbocycles. The summed E-state index contributed by atoms with van der Waals surface area (Å²) in [5.41, 5.74) is 0.603. The molecule has 38 valence electrons. The van der Waals surface area contributed by atoms with E-state index in [9.17, 15) is 0 Å². The van der Waals surface area contributed by atoms with Gasteiger partial charge in [-0.1, -0.05) is 18.2 Å². The van der Waals surface area contributed by atoms with Crippen molar-refractivity contribution >= 4 is 0 Å². The highest BCUT2D eigenvalue weighted by Crippen LogP contribution is 1.92. The van der Waals surface area contributed by atoms with E-state index in [-0.39, 0.29) is 0 Å². The molecule has 0 fully saturated rings. The summed E-state index contributed by atoms with van der Waals surface area (Å²) in [6, 6.07) is 8.86. The minimum absolute atomic E-state index is 0.439. The van der Waals surface area contributed by atoms with Gasteiger partial charge >= 0.3 is 0 Å². The molecule has 0 spiro atoms. The van der Waals surface area contributed by atoms with Crippen LogP contribution in [0.5, 0.6) is 0 Å². The van der Waals surface area contributed by atoms with E-state index in [1.165, 1.54) is 0 Å². The van der Waals surface area contributed by atoms with Gasteiger partial charge in [0.05, 0.1) is 13.0 Å². The lowest BCUT2D eigenvalue weighted by Crippen LogP contribution is -1.66. The molecule has 0 aliphatic heterocycles. The Balaban J connectivity index is 3.06. The van der Waals surface area contributed by atoms with E-state index >= 15 is 0 Å². The number of hydrogen-bond acceptors (Lipinski definition) is 1. The summed E-state index contributed by atoms with van der Waals surface area (Å²) in [4.78, 5) is 0. The Morgan fingerprint density at radius 2 is 2.12 bits per heavy atom. The average Bonchev–Trinajstić information content (AvgIpc) is 1.90. The second-order valence-corrected chi connectivity index (χ2v) is 1.40. The zero-order chi connectivity index (χ0) is 6.69. The summed E-state index contributed by atoms with van der Waals surface area (Å²) < 4.78 is 7.06. The Kier molecular flexibility index (Phi) is 0.980. The maximum atomic E-state index is 8.32. The molecule has 0 N–H and O–H groups in total. The van der Waals surface area contributed by atoms with Crippen molar-refractivity contribution in [1.82, 2.24) is 0 Å². The summed E-state index contributed by atoms with van der Waals surface area (Å²) in [7, 11) is 0. The van der Waals surface area contributed by atoms with Crippen molar-refractivity contribution in [1.29, 1.82) is 5.26 Å². The lowest BCUT2D eigenvalue weighted by atomic mass is 10.2. The highest BCUT2D eigenvalue weighted by Gasteiger charge is 1.79. The molecule has 0 aliphatic carbocycles. The molecule has 1 heteroatoms. The molecule has 0 atom stereocenters. The molecular weight excluding hydrogens is 98.1 g/mol. The van der Waals surface area contributed by atoms with Crippen molar-refractivity contribution in [2.75, 3.05) is 0 Å². The van der Waals surface area contributed by atoms with Gasteiger partial charge in [-0.2, -0.15) is 5.26 Å². The molecule has 1 aromatic rings. The second-order valence-electron chi connectivity index (χ2n) is 1.40. The quantitative estimate of drug-likeness (QED) is 0.491. The van der Waals surface area contributed by atoms with Crippen LogP contribution in [0.2, 0.25) is 0 Å². The van der Waals surface area contributed by atoms with Crippen LogP contribution in [0.15, 0.2) is 30.3 Å². The third-order valence-electron chi connectivity index (χ3n) is 0.847. The predicted molar refractivity (Wildman–Crippen MR) is 31.2 cm³/mol. The van der Waals surface area contributed by atoms with Gasteiger partial charge in [-0.3, -0.25) is 0 Å². The number of nitrogens with zero attached hydrogens (tertiary/aromatic N) is 1. The molecule has 0 amide bonds. The molecule has 8 heavy (non-hydrogen) atoms. The van der Waals surface area contributed by atoms with Gasteiger partial charge in [0.2, 0.25) is 0 Å². The van der Waals surface area contributed by atoms with Crippen LogP contribution in [-0.4, -0.2) is 0 Å². The fraction of sp³-hybridized carbons (Fsp3) is 0. The zero-order valence-electron chi connectivity index (χ0n) is 5.26. The van der Waals surface area contributed by atoms with Gasteiger partial charge in [0.15, 0.2) is 0 Å². The highest BCUT2D eigenvalue weighted by molar-refractivity contribution is 5.27. The maximum Gasteiger partial charge on any atom is 0.0991 e. The zero-order valence-corrected chi connectivity index (χ0v) is 4.26. The van der Waals surface area contributed by atoms with E-state index < -0.39 is 0 Å². The van der Waals surface area contributed by atoms with Crippen LogP contribution in [0, 0.1) is 11.3 Å². The fourth-order valence-corrected chi connectivity index (χ4v) is 0.461. The number of rotatable bonds is 0. The van der Waals surface area contributed by atoms with Crippen LogP contribution in [0.4, 0.5) is 0 Å². The third-order valence-corrected chi connectivity index (χ3v) is 0.847. The summed E-state index contributed by atoms with van der Waals surface area (Å²) in [5, 5.41) is 8.32. The average molecular weight is 105 g/mol. The maximum absolute atomic E-state index is 8.32. The fourth-order valence-electron chi connectivity index (χ4n) is 0.461. The van der Waals surface area contributed by atoms with Gasteiger partial charge in [-0.15, -0.1) is 0 Å². The molecule has 0 bridgehead atoms. The summed E-state index contributed by atoms with van der Waals surface area (Å²) in [6.45, 7) is 0. The molecule has 0 radical (unpaired) electrons. The number of nitriles is 1. The Labute approximate surface area is 49.6 Å². The van der Waals surface area contributed by atoms with Crippen molar-refractivity contribution in [2.45, 2.75) is 0 Å². The van der Waals surface area contributed by atoms with Crippen LogP contribution in [0.1, 0.15) is 6.93 Å². The van der Waals surface area contributed by atoms with Crippen LogP contribution in [-0.2, 0) is 0 Å².